The monoisotopic (exact) mass is 246 g/mol. The molecule has 0 aromatic heterocycles. The van der Waals surface area contributed by atoms with Gasteiger partial charge in [-0.05, 0) is 12.1 Å². The molecule has 90 valence electrons. The lowest BCUT2D eigenvalue weighted by atomic mass is 10.1. The molecule has 0 saturated heterocycles. The van der Waals surface area contributed by atoms with Gasteiger partial charge in [-0.3, -0.25) is 0 Å². The third-order valence-corrected chi connectivity index (χ3v) is 1.72. The van der Waals surface area contributed by atoms with Gasteiger partial charge in [-0.2, -0.15) is 0 Å². The summed E-state index contributed by atoms with van der Waals surface area (Å²) in [6.07, 6.45) is 0. The molecule has 1 aromatic carbocycles. The molecule has 0 fully saturated rings. The number of hydrogen-bond donors (Lipinski definition) is 3. The Labute approximate surface area is 93.2 Å². The average Bonchev–Trinajstić information content (AvgIpc) is 2.19. The van der Waals surface area contributed by atoms with Crippen molar-refractivity contribution in [2.75, 3.05) is 0 Å². The Hall–Kier alpha value is -2.00. The molecular weight excluding hydrogens is 241 g/mol. The normalized spacial score (nSPS) is 9.88. The zero-order valence-corrected chi connectivity index (χ0v) is 8.05. The van der Waals surface area contributed by atoms with Gasteiger partial charge in [-0.15, -0.1) is 0 Å². The molecule has 0 aliphatic carbocycles. The maximum Gasteiger partial charge on any atom is 0.709 e. The van der Waals surface area contributed by atoms with Gasteiger partial charge in [0.2, 0.25) is 0 Å². The van der Waals surface area contributed by atoms with Crippen LogP contribution in [0.1, 0.15) is 20.7 Å². The first-order valence-electron chi connectivity index (χ1n) is 4.12. The van der Waals surface area contributed by atoms with E-state index in [0.717, 1.165) is 0 Å². The van der Waals surface area contributed by atoms with Crippen molar-refractivity contribution in [1.29, 1.82) is 0 Å². The summed E-state index contributed by atoms with van der Waals surface area (Å²) in [5.74, 6) is -6.11. The molecule has 6 nitrogen and oxygen atoms in total. The molecule has 0 atom stereocenters. The maximum absolute atomic E-state index is 12.8. The highest BCUT2D eigenvalue weighted by Gasteiger charge is 2.25. The van der Waals surface area contributed by atoms with E-state index in [1.807, 2.05) is 0 Å². The third kappa shape index (κ3) is 2.98. The largest absolute Gasteiger partial charge is 0.709 e. The lowest BCUT2D eigenvalue weighted by Gasteiger charge is -2.07. The number of carbonyl (C=O) groups excluding carboxylic acids is 1. The van der Waals surface area contributed by atoms with E-state index >= 15 is 0 Å². The summed E-state index contributed by atoms with van der Waals surface area (Å²) in [7, 11) is -2.49. The quantitative estimate of drug-likeness (QED) is 0.637. The summed E-state index contributed by atoms with van der Waals surface area (Å²) in [5, 5.41) is 25.3. The zero-order valence-electron chi connectivity index (χ0n) is 8.05. The Balaban J connectivity index is 3.26. The van der Waals surface area contributed by atoms with Crippen molar-refractivity contribution in [3.05, 3.63) is 34.9 Å². The van der Waals surface area contributed by atoms with Gasteiger partial charge in [-0.25, -0.2) is 18.4 Å². The van der Waals surface area contributed by atoms with Crippen molar-refractivity contribution >= 4 is 19.3 Å². The van der Waals surface area contributed by atoms with Crippen LogP contribution in [0, 0.1) is 11.6 Å². The Morgan fingerprint density at radius 2 is 1.59 bits per heavy atom. The van der Waals surface area contributed by atoms with Gasteiger partial charge in [0.25, 0.3) is 0 Å². The van der Waals surface area contributed by atoms with Crippen molar-refractivity contribution in [2.45, 2.75) is 0 Å². The molecule has 3 N–H and O–H groups in total. The van der Waals surface area contributed by atoms with E-state index in [4.69, 9.17) is 15.2 Å². The lowest BCUT2D eigenvalue weighted by molar-refractivity contribution is 0.0619. The van der Waals surface area contributed by atoms with Crippen LogP contribution < -0.4 is 0 Å². The number of rotatable bonds is 3. The number of carboxylic acids is 1. The minimum atomic E-state index is -2.49. The number of halogens is 2. The Kier molecular flexibility index (Phi) is 3.76. The van der Waals surface area contributed by atoms with Crippen LogP contribution in [-0.4, -0.2) is 34.4 Å². The standard InChI is InChI=1S/C8H5BF2O6/c10-5-1-3(7(12)13)4(2-6(5)11)8(14)17-9(15)16/h1-2,15-16H,(H,12,13). The first-order chi connectivity index (χ1) is 7.82. The Bertz CT molecular complexity index is 475. The van der Waals surface area contributed by atoms with E-state index in [2.05, 4.69) is 4.65 Å². The summed E-state index contributed by atoms with van der Waals surface area (Å²) in [5.41, 5.74) is -1.68. The highest BCUT2D eigenvalue weighted by Crippen LogP contribution is 2.16. The van der Waals surface area contributed by atoms with Crippen LogP contribution in [0.4, 0.5) is 8.78 Å². The Morgan fingerprint density at radius 3 is 2.00 bits per heavy atom. The van der Waals surface area contributed by atoms with Crippen LogP contribution in [0.2, 0.25) is 0 Å². The van der Waals surface area contributed by atoms with E-state index in [0.29, 0.717) is 6.07 Å². The predicted octanol–water partition coefficient (Wildman–Crippen LogP) is -0.211. The van der Waals surface area contributed by atoms with E-state index in [-0.39, 0.29) is 6.07 Å². The van der Waals surface area contributed by atoms with Crippen LogP contribution in [0.25, 0.3) is 0 Å². The third-order valence-electron chi connectivity index (χ3n) is 1.72. The van der Waals surface area contributed by atoms with Crippen molar-refractivity contribution in [2.24, 2.45) is 0 Å². The number of aromatic carboxylic acids is 1. The van der Waals surface area contributed by atoms with Gasteiger partial charge < -0.3 is 19.8 Å². The van der Waals surface area contributed by atoms with E-state index in [9.17, 15) is 18.4 Å². The molecule has 0 spiro atoms. The number of carboxylic acid groups (broad SMARTS) is 1. The van der Waals surface area contributed by atoms with E-state index in [1.54, 1.807) is 0 Å². The van der Waals surface area contributed by atoms with Gasteiger partial charge in [0, 0.05) is 0 Å². The summed E-state index contributed by atoms with van der Waals surface area (Å²) in [6.45, 7) is 0. The van der Waals surface area contributed by atoms with Crippen molar-refractivity contribution < 1.29 is 38.2 Å². The second-order valence-corrected chi connectivity index (χ2v) is 2.85. The minimum Gasteiger partial charge on any atom is -0.481 e. The molecule has 17 heavy (non-hydrogen) atoms. The van der Waals surface area contributed by atoms with Gasteiger partial charge in [0.1, 0.15) is 0 Å². The summed E-state index contributed by atoms with van der Waals surface area (Å²) in [6, 6.07) is 0.585. The van der Waals surface area contributed by atoms with E-state index in [1.165, 1.54) is 0 Å². The number of carbonyl (C=O) groups is 2. The number of benzene rings is 1. The molecule has 0 unspecified atom stereocenters. The fourth-order valence-corrected chi connectivity index (χ4v) is 1.05. The highest BCUT2D eigenvalue weighted by molar-refractivity contribution is 6.36. The predicted molar refractivity (Wildman–Crippen MR) is 48.9 cm³/mol. The molecule has 0 bridgehead atoms. The molecule has 0 radical (unpaired) electrons. The fraction of sp³-hybridized carbons (Fsp3) is 0. The summed E-state index contributed by atoms with van der Waals surface area (Å²) < 4.78 is 29.4. The molecule has 9 heteroatoms. The second-order valence-electron chi connectivity index (χ2n) is 2.85. The topological polar surface area (TPSA) is 104 Å². The molecule has 0 aliphatic heterocycles. The maximum atomic E-state index is 12.8. The highest BCUT2D eigenvalue weighted by atomic mass is 19.2. The van der Waals surface area contributed by atoms with Crippen LogP contribution in [0.3, 0.4) is 0 Å². The van der Waals surface area contributed by atoms with Crippen LogP contribution in [0.5, 0.6) is 0 Å². The molecule has 0 aliphatic rings. The van der Waals surface area contributed by atoms with E-state index < -0.39 is 42.0 Å². The van der Waals surface area contributed by atoms with Gasteiger partial charge in [0.05, 0.1) is 11.1 Å². The Morgan fingerprint density at radius 1 is 1.12 bits per heavy atom. The van der Waals surface area contributed by atoms with Gasteiger partial charge in [-0.1, -0.05) is 0 Å². The van der Waals surface area contributed by atoms with Crippen molar-refractivity contribution in [3.63, 3.8) is 0 Å². The molecule has 0 saturated carbocycles. The summed E-state index contributed by atoms with van der Waals surface area (Å²) >= 11 is 0. The van der Waals surface area contributed by atoms with Crippen LogP contribution in [0.15, 0.2) is 12.1 Å². The number of hydrogen-bond acceptors (Lipinski definition) is 5. The van der Waals surface area contributed by atoms with Crippen molar-refractivity contribution in [1.82, 2.24) is 0 Å². The van der Waals surface area contributed by atoms with Crippen LogP contribution in [-0.2, 0) is 4.65 Å². The van der Waals surface area contributed by atoms with Crippen molar-refractivity contribution in [3.8, 4) is 0 Å². The first kappa shape index (κ1) is 13.1. The summed E-state index contributed by atoms with van der Waals surface area (Å²) in [4.78, 5) is 21.8. The lowest BCUT2D eigenvalue weighted by Crippen LogP contribution is -2.23. The molecule has 0 amide bonds. The van der Waals surface area contributed by atoms with Gasteiger partial charge in [0.15, 0.2) is 11.6 Å². The molecule has 1 aromatic rings. The first-order valence-corrected chi connectivity index (χ1v) is 4.12. The average molecular weight is 246 g/mol. The van der Waals surface area contributed by atoms with Gasteiger partial charge >= 0.3 is 19.3 Å². The second kappa shape index (κ2) is 4.89. The molecule has 1 rings (SSSR count). The zero-order chi connectivity index (χ0) is 13.2. The fourth-order valence-electron chi connectivity index (χ4n) is 1.05. The minimum absolute atomic E-state index is 0.290. The van der Waals surface area contributed by atoms with Crippen LogP contribution >= 0.6 is 0 Å². The molecular formula is C8H5BF2O6. The SMILES string of the molecule is O=C(O)c1cc(F)c(F)cc1C(=O)OB(O)O. The molecule has 0 heterocycles. The smallest absolute Gasteiger partial charge is 0.481 e.